The van der Waals surface area contributed by atoms with Gasteiger partial charge in [-0.25, -0.2) is 0 Å². The third kappa shape index (κ3) is 9.00. The zero-order valence-electron chi connectivity index (χ0n) is 17.5. The quantitative estimate of drug-likeness (QED) is 0.350. The van der Waals surface area contributed by atoms with Crippen molar-refractivity contribution >= 4 is 11.7 Å². The average molecular weight is 364 g/mol. The number of primary amides is 1. The molecular weight excluding hydrogens is 322 g/mol. The molecule has 2 N–H and O–H groups in total. The van der Waals surface area contributed by atoms with E-state index in [0.717, 1.165) is 31.3 Å². The van der Waals surface area contributed by atoms with E-state index in [1.807, 2.05) is 6.92 Å². The molecule has 0 saturated carbocycles. The summed E-state index contributed by atoms with van der Waals surface area (Å²) in [6.07, 6.45) is 17.9. The molecule has 0 aromatic carbocycles. The Bertz CT molecular complexity index is 477. The number of allylic oxidation sites excluding steroid dienone is 2. The summed E-state index contributed by atoms with van der Waals surface area (Å²) >= 11 is 0. The molecule has 3 heteroatoms. The Morgan fingerprint density at radius 2 is 1.27 bits per heavy atom. The standard InChI is InChI=1S/C23H41NO2/c1-19-20(18-23(2,3)22(19)26)16-14-12-10-8-6-4-5-7-9-11-13-15-17-21(24)25/h4-18H2,1-3H3,(H2,24,25). The summed E-state index contributed by atoms with van der Waals surface area (Å²) in [5.74, 6) is 0.192. The number of rotatable bonds is 15. The Morgan fingerprint density at radius 1 is 0.846 bits per heavy atom. The lowest BCUT2D eigenvalue weighted by Gasteiger charge is -2.15. The Morgan fingerprint density at radius 3 is 1.65 bits per heavy atom. The molecule has 1 aliphatic rings. The Hall–Kier alpha value is -1.12. The maximum absolute atomic E-state index is 12.1. The molecule has 0 aliphatic heterocycles. The highest BCUT2D eigenvalue weighted by Crippen LogP contribution is 2.40. The number of ketones is 1. The largest absolute Gasteiger partial charge is 0.370 e. The fourth-order valence-corrected chi connectivity index (χ4v) is 4.10. The smallest absolute Gasteiger partial charge is 0.217 e. The van der Waals surface area contributed by atoms with Crippen LogP contribution in [0, 0.1) is 5.41 Å². The lowest BCUT2D eigenvalue weighted by Crippen LogP contribution is -2.18. The number of carbonyl (C=O) groups is 2. The van der Waals surface area contributed by atoms with Crippen molar-refractivity contribution in [3.63, 3.8) is 0 Å². The molecule has 0 aromatic heterocycles. The third-order valence-corrected chi connectivity index (χ3v) is 5.79. The minimum absolute atomic E-state index is 0.152. The monoisotopic (exact) mass is 363 g/mol. The van der Waals surface area contributed by atoms with Crippen LogP contribution in [0.15, 0.2) is 11.1 Å². The van der Waals surface area contributed by atoms with Gasteiger partial charge in [0.15, 0.2) is 5.78 Å². The van der Waals surface area contributed by atoms with Crippen LogP contribution in [-0.2, 0) is 9.59 Å². The summed E-state index contributed by atoms with van der Waals surface area (Å²) in [5.41, 5.74) is 7.44. The van der Waals surface area contributed by atoms with Gasteiger partial charge >= 0.3 is 0 Å². The molecule has 0 heterocycles. The molecular formula is C23H41NO2. The van der Waals surface area contributed by atoms with Gasteiger partial charge in [-0.3, -0.25) is 9.59 Å². The first-order valence-corrected chi connectivity index (χ1v) is 10.9. The highest BCUT2D eigenvalue weighted by Gasteiger charge is 2.36. The van der Waals surface area contributed by atoms with Gasteiger partial charge in [0.05, 0.1) is 0 Å². The van der Waals surface area contributed by atoms with Gasteiger partial charge in [0.1, 0.15) is 0 Å². The number of Topliss-reactive ketones (excluding diaryl/α,β-unsaturated/α-hetero) is 1. The van der Waals surface area contributed by atoms with E-state index in [1.165, 1.54) is 69.8 Å². The summed E-state index contributed by atoms with van der Waals surface area (Å²) in [5, 5.41) is 0. The van der Waals surface area contributed by atoms with Gasteiger partial charge in [-0.05, 0) is 38.2 Å². The van der Waals surface area contributed by atoms with Crippen LogP contribution in [0.25, 0.3) is 0 Å². The number of carbonyl (C=O) groups excluding carboxylic acids is 2. The zero-order valence-corrected chi connectivity index (χ0v) is 17.5. The minimum Gasteiger partial charge on any atom is -0.370 e. The molecule has 1 amide bonds. The highest BCUT2D eigenvalue weighted by molar-refractivity contribution is 6.02. The van der Waals surface area contributed by atoms with Crippen LogP contribution < -0.4 is 5.73 Å². The number of amides is 1. The van der Waals surface area contributed by atoms with Crippen molar-refractivity contribution in [2.75, 3.05) is 0 Å². The summed E-state index contributed by atoms with van der Waals surface area (Å²) in [4.78, 5) is 22.7. The van der Waals surface area contributed by atoms with E-state index in [1.54, 1.807) is 0 Å². The van der Waals surface area contributed by atoms with Crippen LogP contribution in [0.4, 0.5) is 0 Å². The number of nitrogens with two attached hydrogens (primary N) is 1. The number of unbranched alkanes of at least 4 members (excludes halogenated alkanes) is 11. The molecule has 1 rings (SSSR count). The Labute approximate surface area is 161 Å². The van der Waals surface area contributed by atoms with E-state index >= 15 is 0 Å². The second kappa shape index (κ2) is 12.3. The lowest BCUT2D eigenvalue weighted by molar-refractivity contribution is -0.122. The van der Waals surface area contributed by atoms with E-state index in [0.29, 0.717) is 12.2 Å². The molecule has 0 unspecified atom stereocenters. The van der Waals surface area contributed by atoms with E-state index in [2.05, 4.69) is 13.8 Å². The summed E-state index contributed by atoms with van der Waals surface area (Å²) in [7, 11) is 0. The van der Waals surface area contributed by atoms with E-state index in [9.17, 15) is 9.59 Å². The molecule has 0 saturated heterocycles. The van der Waals surface area contributed by atoms with Crippen molar-refractivity contribution in [1.29, 1.82) is 0 Å². The van der Waals surface area contributed by atoms with Gasteiger partial charge in [0.2, 0.25) is 5.91 Å². The molecule has 0 radical (unpaired) electrons. The SMILES string of the molecule is CC1=C(CCCCCCCCCCCCCCC(N)=O)CC(C)(C)C1=O. The van der Waals surface area contributed by atoms with Crippen LogP contribution >= 0.6 is 0 Å². The predicted octanol–water partition coefficient (Wildman–Crippen LogP) is 6.25. The maximum Gasteiger partial charge on any atom is 0.217 e. The first-order chi connectivity index (χ1) is 12.3. The fourth-order valence-electron chi connectivity index (χ4n) is 4.10. The van der Waals surface area contributed by atoms with Gasteiger partial charge < -0.3 is 5.73 Å². The highest BCUT2D eigenvalue weighted by atomic mass is 16.1. The van der Waals surface area contributed by atoms with E-state index < -0.39 is 0 Å². The second-order valence-corrected chi connectivity index (χ2v) is 8.83. The van der Waals surface area contributed by atoms with Crippen molar-refractivity contribution in [2.24, 2.45) is 11.1 Å². The van der Waals surface area contributed by atoms with Crippen molar-refractivity contribution < 1.29 is 9.59 Å². The van der Waals surface area contributed by atoms with Gasteiger partial charge in [0.25, 0.3) is 0 Å². The van der Waals surface area contributed by atoms with Gasteiger partial charge in [-0.2, -0.15) is 0 Å². The molecule has 0 aromatic rings. The molecule has 3 nitrogen and oxygen atoms in total. The minimum atomic E-state index is -0.169. The normalized spacial score (nSPS) is 16.5. The van der Waals surface area contributed by atoms with Crippen molar-refractivity contribution in [3.8, 4) is 0 Å². The number of hydrogen-bond donors (Lipinski definition) is 1. The van der Waals surface area contributed by atoms with Crippen molar-refractivity contribution in [1.82, 2.24) is 0 Å². The maximum atomic E-state index is 12.1. The summed E-state index contributed by atoms with van der Waals surface area (Å²) in [6, 6.07) is 0. The molecule has 0 bridgehead atoms. The van der Waals surface area contributed by atoms with Gasteiger partial charge in [-0.1, -0.05) is 83.6 Å². The summed E-state index contributed by atoms with van der Waals surface area (Å²) in [6.45, 7) is 6.17. The first kappa shape index (κ1) is 22.9. The molecule has 26 heavy (non-hydrogen) atoms. The van der Waals surface area contributed by atoms with Crippen molar-refractivity contribution in [3.05, 3.63) is 11.1 Å². The topological polar surface area (TPSA) is 60.2 Å². The third-order valence-electron chi connectivity index (χ3n) is 5.79. The van der Waals surface area contributed by atoms with Crippen LogP contribution in [0.1, 0.15) is 117 Å². The molecule has 150 valence electrons. The zero-order chi connectivity index (χ0) is 19.4. The Kier molecular flexibility index (Phi) is 10.8. The lowest BCUT2D eigenvalue weighted by atomic mass is 9.87. The average Bonchev–Trinajstić information content (AvgIpc) is 2.77. The fraction of sp³-hybridized carbons (Fsp3) is 0.826. The molecule has 1 aliphatic carbocycles. The molecule has 0 spiro atoms. The van der Waals surface area contributed by atoms with Crippen LogP contribution in [0.5, 0.6) is 0 Å². The van der Waals surface area contributed by atoms with Crippen LogP contribution in [-0.4, -0.2) is 11.7 Å². The van der Waals surface area contributed by atoms with Gasteiger partial charge in [-0.15, -0.1) is 0 Å². The first-order valence-electron chi connectivity index (χ1n) is 10.9. The van der Waals surface area contributed by atoms with Crippen LogP contribution in [0.2, 0.25) is 0 Å². The number of hydrogen-bond acceptors (Lipinski definition) is 2. The van der Waals surface area contributed by atoms with Crippen molar-refractivity contribution in [2.45, 2.75) is 117 Å². The van der Waals surface area contributed by atoms with E-state index in [4.69, 9.17) is 5.73 Å². The summed E-state index contributed by atoms with van der Waals surface area (Å²) < 4.78 is 0. The van der Waals surface area contributed by atoms with Gasteiger partial charge in [0, 0.05) is 11.8 Å². The Balaban J connectivity index is 1.87. The predicted molar refractivity (Wildman–Crippen MR) is 110 cm³/mol. The van der Waals surface area contributed by atoms with E-state index in [-0.39, 0.29) is 11.3 Å². The van der Waals surface area contributed by atoms with Crippen LogP contribution in [0.3, 0.4) is 0 Å². The molecule has 0 atom stereocenters. The molecule has 0 fully saturated rings. The second-order valence-electron chi connectivity index (χ2n) is 8.83.